The van der Waals surface area contributed by atoms with Gasteiger partial charge >= 0.3 is 0 Å². The maximum atomic E-state index is 12.4. The molecule has 1 amide bonds. The van der Waals surface area contributed by atoms with E-state index in [2.05, 4.69) is 5.32 Å². The molecule has 2 rings (SSSR count). The van der Waals surface area contributed by atoms with E-state index in [4.69, 9.17) is 10.5 Å². The molecule has 2 aromatic carbocycles. The molecule has 1 unspecified atom stereocenters. The first kappa shape index (κ1) is 16.0. The number of carbonyl (C=O) groups is 1. The van der Waals surface area contributed by atoms with Crippen LogP contribution in [0.3, 0.4) is 0 Å². The van der Waals surface area contributed by atoms with Crippen LogP contribution < -0.4 is 15.8 Å². The van der Waals surface area contributed by atoms with Crippen LogP contribution in [-0.4, -0.2) is 12.5 Å². The van der Waals surface area contributed by atoms with Gasteiger partial charge in [0.1, 0.15) is 11.3 Å². The highest BCUT2D eigenvalue weighted by Crippen LogP contribution is 2.18. The number of nitrogens with two attached hydrogens (primary N) is 1. The SMILES string of the molecule is CCOc1cccc(CNC(=O)C(C)(N)c2ccccc2)c1. The van der Waals surface area contributed by atoms with Crippen molar-refractivity contribution in [3.8, 4) is 5.75 Å². The Balaban J connectivity index is 2.02. The van der Waals surface area contributed by atoms with Crippen molar-refractivity contribution in [1.82, 2.24) is 5.32 Å². The molecule has 0 heterocycles. The molecule has 0 saturated carbocycles. The molecule has 116 valence electrons. The minimum absolute atomic E-state index is 0.208. The molecular formula is C18H22N2O2. The number of hydrogen-bond acceptors (Lipinski definition) is 3. The third kappa shape index (κ3) is 3.86. The Morgan fingerprint density at radius 1 is 1.18 bits per heavy atom. The quantitative estimate of drug-likeness (QED) is 0.861. The molecule has 0 aliphatic rings. The highest BCUT2D eigenvalue weighted by molar-refractivity contribution is 5.86. The second-order valence-corrected chi connectivity index (χ2v) is 5.33. The predicted molar refractivity (Wildman–Crippen MR) is 87.4 cm³/mol. The van der Waals surface area contributed by atoms with Crippen LogP contribution in [0, 0.1) is 0 Å². The van der Waals surface area contributed by atoms with Crippen LogP contribution >= 0.6 is 0 Å². The Morgan fingerprint density at radius 2 is 1.91 bits per heavy atom. The Labute approximate surface area is 131 Å². The third-order valence-corrected chi connectivity index (χ3v) is 3.51. The Kier molecular flexibility index (Phi) is 5.17. The van der Waals surface area contributed by atoms with E-state index in [0.29, 0.717) is 13.2 Å². The molecule has 0 radical (unpaired) electrons. The fraction of sp³-hybridized carbons (Fsp3) is 0.278. The maximum absolute atomic E-state index is 12.4. The number of carbonyl (C=O) groups excluding carboxylic acids is 1. The first-order chi connectivity index (χ1) is 10.5. The normalized spacial score (nSPS) is 13.2. The minimum atomic E-state index is -1.06. The van der Waals surface area contributed by atoms with Gasteiger partial charge in [0.15, 0.2) is 0 Å². The second-order valence-electron chi connectivity index (χ2n) is 5.33. The zero-order valence-corrected chi connectivity index (χ0v) is 13.0. The highest BCUT2D eigenvalue weighted by atomic mass is 16.5. The van der Waals surface area contributed by atoms with Crippen LogP contribution in [-0.2, 0) is 16.9 Å². The molecule has 0 aliphatic heterocycles. The van der Waals surface area contributed by atoms with E-state index in [1.165, 1.54) is 0 Å². The molecule has 0 aliphatic carbocycles. The molecule has 4 heteroatoms. The van der Waals surface area contributed by atoms with Gasteiger partial charge < -0.3 is 15.8 Å². The van der Waals surface area contributed by atoms with E-state index in [-0.39, 0.29) is 5.91 Å². The first-order valence-corrected chi connectivity index (χ1v) is 7.38. The number of amides is 1. The van der Waals surface area contributed by atoms with Crippen molar-refractivity contribution in [3.05, 3.63) is 65.7 Å². The maximum Gasteiger partial charge on any atom is 0.244 e. The van der Waals surface area contributed by atoms with Crippen LogP contribution in [0.15, 0.2) is 54.6 Å². The van der Waals surface area contributed by atoms with Gasteiger partial charge in [0.2, 0.25) is 5.91 Å². The summed E-state index contributed by atoms with van der Waals surface area (Å²) in [6.07, 6.45) is 0. The summed E-state index contributed by atoms with van der Waals surface area (Å²) in [7, 11) is 0. The van der Waals surface area contributed by atoms with Crippen molar-refractivity contribution in [2.45, 2.75) is 25.9 Å². The zero-order valence-electron chi connectivity index (χ0n) is 13.0. The van der Waals surface area contributed by atoms with E-state index < -0.39 is 5.54 Å². The Bertz CT molecular complexity index is 624. The van der Waals surface area contributed by atoms with Gasteiger partial charge in [-0.3, -0.25) is 4.79 Å². The molecule has 3 N–H and O–H groups in total. The topological polar surface area (TPSA) is 64.3 Å². The van der Waals surface area contributed by atoms with Crippen molar-refractivity contribution in [2.24, 2.45) is 5.73 Å². The van der Waals surface area contributed by atoms with Crippen molar-refractivity contribution < 1.29 is 9.53 Å². The fourth-order valence-corrected chi connectivity index (χ4v) is 2.19. The van der Waals surface area contributed by atoms with Gasteiger partial charge in [0, 0.05) is 6.54 Å². The fourth-order valence-electron chi connectivity index (χ4n) is 2.19. The largest absolute Gasteiger partial charge is 0.494 e. The lowest BCUT2D eigenvalue weighted by atomic mass is 9.92. The zero-order chi connectivity index (χ0) is 16.0. The lowest BCUT2D eigenvalue weighted by Crippen LogP contribution is -2.48. The molecule has 0 aromatic heterocycles. The summed E-state index contributed by atoms with van der Waals surface area (Å²) >= 11 is 0. The van der Waals surface area contributed by atoms with Gasteiger partial charge in [-0.15, -0.1) is 0 Å². The molecule has 22 heavy (non-hydrogen) atoms. The molecule has 0 saturated heterocycles. The monoisotopic (exact) mass is 298 g/mol. The van der Waals surface area contributed by atoms with Crippen molar-refractivity contribution in [1.29, 1.82) is 0 Å². The van der Waals surface area contributed by atoms with E-state index in [1.54, 1.807) is 6.92 Å². The van der Waals surface area contributed by atoms with Crippen LogP contribution in [0.2, 0.25) is 0 Å². The summed E-state index contributed by atoms with van der Waals surface area (Å²) in [6, 6.07) is 17.0. The number of benzene rings is 2. The number of nitrogens with one attached hydrogen (secondary N) is 1. The van der Waals surface area contributed by atoms with Gasteiger partial charge in [-0.2, -0.15) is 0 Å². The molecule has 2 aromatic rings. The van der Waals surface area contributed by atoms with Gasteiger partial charge in [0.25, 0.3) is 0 Å². The van der Waals surface area contributed by atoms with E-state index in [1.807, 2.05) is 61.5 Å². The number of rotatable bonds is 6. The standard InChI is InChI=1S/C18H22N2O2/c1-3-22-16-11-7-8-14(12-16)13-20-17(21)18(2,19)15-9-5-4-6-10-15/h4-12H,3,13,19H2,1-2H3,(H,20,21). The van der Waals surface area contributed by atoms with Crippen molar-refractivity contribution in [2.75, 3.05) is 6.61 Å². The van der Waals surface area contributed by atoms with Gasteiger partial charge in [-0.05, 0) is 37.1 Å². The molecule has 0 spiro atoms. The Hall–Kier alpha value is -2.33. The second kappa shape index (κ2) is 7.09. The smallest absolute Gasteiger partial charge is 0.244 e. The number of ether oxygens (including phenoxy) is 1. The molecule has 0 fully saturated rings. The third-order valence-electron chi connectivity index (χ3n) is 3.51. The first-order valence-electron chi connectivity index (χ1n) is 7.38. The summed E-state index contributed by atoms with van der Waals surface area (Å²) in [5, 5.41) is 2.89. The van der Waals surface area contributed by atoms with Crippen molar-refractivity contribution in [3.63, 3.8) is 0 Å². The lowest BCUT2D eigenvalue weighted by molar-refractivity contribution is -0.126. The summed E-state index contributed by atoms with van der Waals surface area (Å²) in [5.41, 5.74) is 6.89. The molecule has 1 atom stereocenters. The lowest BCUT2D eigenvalue weighted by Gasteiger charge is -2.24. The minimum Gasteiger partial charge on any atom is -0.494 e. The van der Waals surface area contributed by atoms with E-state index in [0.717, 1.165) is 16.9 Å². The molecule has 0 bridgehead atoms. The van der Waals surface area contributed by atoms with E-state index in [9.17, 15) is 4.79 Å². The Morgan fingerprint density at radius 3 is 2.59 bits per heavy atom. The van der Waals surface area contributed by atoms with Gasteiger partial charge in [-0.25, -0.2) is 0 Å². The average Bonchev–Trinajstić information content (AvgIpc) is 2.54. The van der Waals surface area contributed by atoms with Gasteiger partial charge in [-0.1, -0.05) is 42.5 Å². The molecular weight excluding hydrogens is 276 g/mol. The van der Waals surface area contributed by atoms with Gasteiger partial charge in [0.05, 0.1) is 6.61 Å². The molecule has 4 nitrogen and oxygen atoms in total. The average molecular weight is 298 g/mol. The summed E-state index contributed by atoms with van der Waals surface area (Å²) in [5.74, 6) is 0.591. The summed E-state index contributed by atoms with van der Waals surface area (Å²) in [6.45, 7) is 4.69. The number of hydrogen-bond donors (Lipinski definition) is 2. The van der Waals surface area contributed by atoms with Crippen LogP contribution in [0.25, 0.3) is 0 Å². The summed E-state index contributed by atoms with van der Waals surface area (Å²) in [4.78, 5) is 12.4. The van der Waals surface area contributed by atoms with Crippen LogP contribution in [0.5, 0.6) is 5.75 Å². The highest BCUT2D eigenvalue weighted by Gasteiger charge is 2.29. The van der Waals surface area contributed by atoms with Crippen LogP contribution in [0.4, 0.5) is 0 Å². The van der Waals surface area contributed by atoms with E-state index >= 15 is 0 Å². The van der Waals surface area contributed by atoms with Crippen LogP contribution in [0.1, 0.15) is 25.0 Å². The summed E-state index contributed by atoms with van der Waals surface area (Å²) < 4.78 is 5.45. The predicted octanol–water partition coefficient (Wildman–Crippen LogP) is 2.58. The van der Waals surface area contributed by atoms with Crippen molar-refractivity contribution >= 4 is 5.91 Å².